The lowest BCUT2D eigenvalue weighted by atomic mass is 10.0. The zero-order chi connectivity index (χ0) is 31.0. The largest absolute Gasteiger partial charge is 0.435 e. The van der Waals surface area contributed by atoms with Gasteiger partial charge in [-0.25, -0.2) is 9.97 Å². The number of rotatable bonds is 15. The summed E-state index contributed by atoms with van der Waals surface area (Å²) in [4.78, 5) is 32.9. The van der Waals surface area contributed by atoms with Gasteiger partial charge >= 0.3 is 6.18 Å². The fraction of sp³-hybridized carbons (Fsp3) is 0.370. The Labute approximate surface area is 243 Å². The molecule has 0 radical (unpaired) electrons. The van der Waals surface area contributed by atoms with Gasteiger partial charge in [0.15, 0.2) is 22.9 Å². The molecule has 5 N–H and O–H groups in total. The first kappa shape index (κ1) is 31.4. The Morgan fingerprint density at radius 2 is 2.05 bits per heavy atom. The average Bonchev–Trinajstić information content (AvgIpc) is 3.61. The number of aliphatic hydroxyl groups is 1. The van der Waals surface area contributed by atoms with Gasteiger partial charge < -0.3 is 30.9 Å². The molecule has 0 aliphatic carbocycles. The molecule has 0 saturated carbocycles. The summed E-state index contributed by atoms with van der Waals surface area (Å²) in [6.45, 7) is 3.17. The van der Waals surface area contributed by atoms with Gasteiger partial charge in [-0.1, -0.05) is 6.92 Å². The molecule has 0 bridgehead atoms. The highest BCUT2D eigenvalue weighted by Crippen LogP contribution is 2.38. The summed E-state index contributed by atoms with van der Waals surface area (Å²) in [5.41, 5.74) is 5.41. The molecule has 4 aromatic rings. The van der Waals surface area contributed by atoms with E-state index in [-0.39, 0.29) is 78.9 Å². The number of benzene rings is 1. The SMILES string of the molecule is CCc1c(C(=O)NCCOCCN)ccc(Nc2nccn3c(-c4cn(CCCO)nc4C(F)(F)F)cnc23)c1OC=O. The number of aromatic nitrogens is 5. The summed E-state index contributed by atoms with van der Waals surface area (Å²) in [5, 5.41) is 18.6. The number of nitrogens with two attached hydrogens (primary N) is 1. The van der Waals surface area contributed by atoms with Gasteiger partial charge in [0, 0.05) is 56.0 Å². The van der Waals surface area contributed by atoms with Crippen LogP contribution < -0.4 is 21.1 Å². The Morgan fingerprint density at radius 3 is 2.74 bits per heavy atom. The third kappa shape index (κ3) is 7.10. The lowest BCUT2D eigenvalue weighted by Crippen LogP contribution is -2.29. The normalized spacial score (nSPS) is 11.6. The maximum absolute atomic E-state index is 13.9. The number of hydrogen-bond donors (Lipinski definition) is 4. The first-order chi connectivity index (χ1) is 20.7. The minimum atomic E-state index is -4.73. The highest BCUT2D eigenvalue weighted by atomic mass is 19.4. The van der Waals surface area contributed by atoms with Gasteiger partial charge in [-0.2, -0.15) is 18.3 Å². The van der Waals surface area contributed by atoms with Crippen LogP contribution in [-0.2, 0) is 28.7 Å². The van der Waals surface area contributed by atoms with E-state index in [0.717, 1.165) is 4.68 Å². The molecule has 0 saturated heterocycles. The van der Waals surface area contributed by atoms with E-state index in [1.54, 1.807) is 13.0 Å². The van der Waals surface area contributed by atoms with Crippen LogP contribution in [0.15, 0.2) is 36.9 Å². The van der Waals surface area contributed by atoms with Gasteiger partial charge in [-0.3, -0.25) is 18.7 Å². The summed E-state index contributed by atoms with van der Waals surface area (Å²) in [7, 11) is 0. The number of fused-ring (bicyclic) bond motifs is 1. The standard InChI is InChI=1S/C27H31F3N8O5/c1-2-17-18(26(41)33-8-13-42-12-6-31)4-5-20(22(17)43-16-40)35-24-25-34-14-21(38(25)10-7-32-24)19-15-37(9-3-11-39)36-23(19)27(28,29)30/h4-5,7,10,14-16,39H,2-3,6,8-9,11-13,31H2,1H3,(H,32,35)(H,33,41). The summed E-state index contributed by atoms with van der Waals surface area (Å²) in [6.07, 6.45) is 1.19. The van der Waals surface area contributed by atoms with Crippen molar-refractivity contribution in [2.75, 3.05) is 38.2 Å². The molecule has 0 aliphatic rings. The van der Waals surface area contributed by atoms with Crippen molar-refractivity contribution in [3.05, 3.63) is 53.7 Å². The molecule has 43 heavy (non-hydrogen) atoms. The quantitative estimate of drug-likeness (QED) is 0.117. The van der Waals surface area contributed by atoms with Gasteiger partial charge in [-0.15, -0.1) is 0 Å². The molecule has 16 heteroatoms. The topological polar surface area (TPSA) is 171 Å². The molecule has 1 amide bonds. The van der Waals surface area contributed by atoms with Crippen molar-refractivity contribution < 1.29 is 37.3 Å². The molecular formula is C27H31F3N8O5. The number of imidazole rings is 1. The monoisotopic (exact) mass is 604 g/mol. The van der Waals surface area contributed by atoms with Crippen LogP contribution in [0.3, 0.4) is 0 Å². The van der Waals surface area contributed by atoms with E-state index in [9.17, 15) is 22.8 Å². The van der Waals surface area contributed by atoms with E-state index in [0.29, 0.717) is 25.1 Å². The number of nitrogens with one attached hydrogen (secondary N) is 2. The van der Waals surface area contributed by atoms with Crippen molar-refractivity contribution in [2.24, 2.45) is 5.73 Å². The summed E-state index contributed by atoms with van der Waals surface area (Å²) in [6, 6.07) is 3.09. The first-order valence-electron chi connectivity index (χ1n) is 13.4. The van der Waals surface area contributed by atoms with Crippen molar-refractivity contribution in [3.63, 3.8) is 0 Å². The molecule has 4 rings (SSSR count). The number of nitrogens with zero attached hydrogens (tertiary/aromatic N) is 5. The van der Waals surface area contributed by atoms with Gasteiger partial charge in [0.1, 0.15) is 0 Å². The van der Waals surface area contributed by atoms with E-state index in [2.05, 4.69) is 25.7 Å². The molecule has 0 aliphatic heterocycles. The minimum absolute atomic E-state index is 0.0876. The molecule has 3 heterocycles. The molecule has 230 valence electrons. The third-order valence-corrected chi connectivity index (χ3v) is 6.35. The zero-order valence-electron chi connectivity index (χ0n) is 23.2. The van der Waals surface area contributed by atoms with Crippen molar-refractivity contribution in [2.45, 2.75) is 32.5 Å². The molecule has 0 spiro atoms. The predicted molar refractivity (Wildman–Crippen MR) is 149 cm³/mol. The number of carbonyl (C=O) groups excluding carboxylic acids is 2. The number of aryl methyl sites for hydroxylation is 1. The predicted octanol–water partition coefficient (Wildman–Crippen LogP) is 2.54. The zero-order valence-corrected chi connectivity index (χ0v) is 23.2. The molecular weight excluding hydrogens is 573 g/mol. The number of alkyl halides is 3. The van der Waals surface area contributed by atoms with Gasteiger partial charge in [-0.05, 0) is 25.0 Å². The van der Waals surface area contributed by atoms with Crippen LogP contribution >= 0.6 is 0 Å². The minimum Gasteiger partial charge on any atom is -0.426 e. The molecule has 0 fully saturated rings. The molecule has 0 unspecified atom stereocenters. The molecule has 0 atom stereocenters. The number of halogens is 3. The van der Waals surface area contributed by atoms with E-state index in [1.165, 1.54) is 35.3 Å². The van der Waals surface area contributed by atoms with Crippen molar-refractivity contribution in [1.29, 1.82) is 0 Å². The Bertz CT molecular complexity index is 1570. The maximum atomic E-state index is 13.9. The van der Waals surface area contributed by atoms with E-state index < -0.39 is 17.8 Å². The molecule has 1 aromatic carbocycles. The number of ether oxygens (including phenoxy) is 2. The second kappa shape index (κ2) is 14.1. The summed E-state index contributed by atoms with van der Waals surface area (Å²) in [5.74, 6) is -0.153. The van der Waals surface area contributed by atoms with Crippen LogP contribution in [0.5, 0.6) is 5.75 Å². The number of hydrogen-bond acceptors (Lipinski definition) is 10. The van der Waals surface area contributed by atoms with Crippen LogP contribution in [0.2, 0.25) is 0 Å². The second-order valence-corrected chi connectivity index (χ2v) is 9.16. The Hall–Kier alpha value is -4.54. The Morgan fingerprint density at radius 1 is 1.23 bits per heavy atom. The number of anilines is 2. The Balaban J connectivity index is 1.69. The van der Waals surface area contributed by atoms with Crippen molar-refractivity contribution in [1.82, 2.24) is 29.5 Å². The average molecular weight is 605 g/mol. The molecule has 13 nitrogen and oxygen atoms in total. The van der Waals surface area contributed by atoms with Gasteiger partial charge in [0.25, 0.3) is 12.4 Å². The lowest BCUT2D eigenvalue weighted by molar-refractivity contribution is -0.141. The van der Waals surface area contributed by atoms with E-state index in [4.69, 9.17) is 20.3 Å². The van der Waals surface area contributed by atoms with Gasteiger partial charge in [0.2, 0.25) is 0 Å². The van der Waals surface area contributed by atoms with Crippen LogP contribution in [0.25, 0.3) is 16.9 Å². The highest BCUT2D eigenvalue weighted by Gasteiger charge is 2.38. The lowest BCUT2D eigenvalue weighted by Gasteiger charge is -2.17. The first-order valence-corrected chi connectivity index (χ1v) is 13.4. The summed E-state index contributed by atoms with van der Waals surface area (Å²) >= 11 is 0. The van der Waals surface area contributed by atoms with Crippen LogP contribution in [-0.4, -0.2) is 74.5 Å². The van der Waals surface area contributed by atoms with E-state index >= 15 is 0 Å². The summed E-state index contributed by atoms with van der Waals surface area (Å²) < 4.78 is 54.7. The smallest absolute Gasteiger partial charge is 0.426 e. The number of amides is 1. The fourth-order valence-corrected chi connectivity index (χ4v) is 4.49. The number of aliphatic hydroxyl groups excluding tert-OH is 1. The van der Waals surface area contributed by atoms with Crippen molar-refractivity contribution >= 4 is 29.5 Å². The van der Waals surface area contributed by atoms with Crippen LogP contribution in [0.4, 0.5) is 24.7 Å². The fourth-order valence-electron chi connectivity index (χ4n) is 4.49. The number of carbonyl (C=O) groups is 2. The van der Waals surface area contributed by atoms with Crippen molar-refractivity contribution in [3.8, 4) is 17.0 Å². The highest BCUT2D eigenvalue weighted by molar-refractivity contribution is 5.97. The second-order valence-electron chi connectivity index (χ2n) is 9.16. The van der Waals surface area contributed by atoms with E-state index in [1.807, 2.05) is 0 Å². The Kier molecular flexibility index (Phi) is 10.3. The van der Waals surface area contributed by atoms with Crippen LogP contribution in [0, 0.1) is 0 Å². The third-order valence-electron chi connectivity index (χ3n) is 6.35. The van der Waals surface area contributed by atoms with Gasteiger partial charge in [0.05, 0.1) is 36.4 Å². The van der Waals surface area contributed by atoms with Crippen LogP contribution in [0.1, 0.15) is 35.0 Å². The molecule has 3 aromatic heterocycles. The maximum Gasteiger partial charge on any atom is 0.435 e.